The Morgan fingerprint density at radius 3 is 2.68 bits per heavy atom. The molecule has 0 amide bonds. The molecular weight excluding hydrogens is 390 g/mol. The number of furan rings is 1. The molecule has 0 spiro atoms. The summed E-state index contributed by atoms with van der Waals surface area (Å²) in [6.07, 6.45) is 6.91. The summed E-state index contributed by atoms with van der Waals surface area (Å²) < 4.78 is 12.7. The fourth-order valence-electron chi connectivity index (χ4n) is 3.56. The first-order chi connectivity index (χ1) is 15.3. The zero-order valence-electron chi connectivity index (χ0n) is 16.2. The molecule has 0 N–H and O–H groups in total. The van der Waals surface area contributed by atoms with Crippen LogP contribution in [0.1, 0.15) is 0 Å². The molecule has 0 unspecified atom stereocenters. The average Bonchev–Trinajstić information content (AvgIpc) is 3.60. The van der Waals surface area contributed by atoms with Crippen LogP contribution in [0.4, 0.5) is 0 Å². The molecule has 6 aromatic rings. The molecule has 148 valence electrons. The number of hydrogen-bond donors (Lipinski definition) is 0. The van der Waals surface area contributed by atoms with Crippen LogP contribution in [-0.2, 0) is 0 Å². The largest absolute Gasteiger partial charge is 0.472 e. The second-order valence-electron chi connectivity index (χ2n) is 7.02. The van der Waals surface area contributed by atoms with Crippen LogP contribution < -0.4 is 0 Å². The molecule has 0 fully saturated rings. The van der Waals surface area contributed by atoms with Crippen molar-refractivity contribution in [3.05, 3.63) is 91.8 Å². The number of nitrogens with zero attached hydrogens (tertiary/aromatic N) is 5. The summed E-state index contributed by atoms with van der Waals surface area (Å²) >= 11 is 0. The Morgan fingerprint density at radius 1 is 0.806 bits per heavy atom. The molecule has 2 aromatic carbocycles. The van der Waals surface area contributed by atoms with Crippen molar-refractivity contribution in [2.75, 3.05) is 0 Å². The maximum Gasteiger partial charge on any atom is 0.258 e. The number of imidazole rings is 1. The molecule has 4 aromatic heterocycles. The van der Waals surface area contributed by atoms with Crippen LogP contribution in [0.3, 0.4) is 0 Å². The number of aromatic nitrogens is 5. The Bertz CT molecular complexity index is 1480. The molecule has 0 atom stereocenters. The minimum Gasteiger partial charge on any atom is -0.472 e. The fraction of sp³-hybridized carbons (Fsp3) is 0. The number of fused-ring (bicyclic) bond motifs is 1. The van der Waals surface area contributed by atoms with Gasteiger partial charge in [-0.15, -0.1) is 0 Å². The number of benzene rings is 2. The van der Waals surface area contributed by atoms with Crippen LogP contribution in [0, 0.1) is 0 Å². The second-order valence-corrected chi connectivity index (χ2v) is 7.02. The van der Waals surface area contributed by atoms with Crippen molar-refractivity contribution in [2.45, 2.75) is 0 Å². The van der Waals surface area contributed by atoms with Gasteiger partial charge in [0.1, 0.15) is 12.0 Å². The van der Waals surface area contributed by atoms with E-state index in [9.17, 15) is 0 Å². The van der Waals surface area contributed by atoms with Gasteiger partial charge in [0.15, 0.2) is 0 Å². The minimum absolute atomic E-state index is 0.439. The fourth-order valence-corrected chi connectivity index (χ4v) is 3.56. The Labute approximate surface area is 176 Å². The smallest absolute Gasteiger partial charge is 0.258 e. The van der Waals surface area contributed by atoms with E-state index < -0.39 is 0 Å². The average molecular weight is 405 g/mol. The summed E-state index contributed by atoms with van der Waals surface area (Å²) in [5.74, 6) is 0.898. The van der Waals surface area contributed by atoms with E-state index in [1.807, 2.05) is 59.4 Å². The molecule has 7 nitrogen and oxygen atoms in total. The monoisotopic (exact) mass is 405 g/mol. The first-order valence-corrected chi connectivity index (χ1v) is 9.71. The van der Waals surface area contributed by atoms with Crippen LogP contribution in [-0.4, -0.2) is 24.7 Å². The maximum absolute atomic E-state index is 5.49. The van der Waals surface area contributed by atoms with Crippen molar-refractivity contribution in [3.8, 4) is 39.8 Å². The summed E-state index contributed by atoms with van der Waals surface area (Å²) in [6.45, 7) is 0. The van der Waals surface area contributed by atoms with E-state index in [1.165, 1.54) is 0 Å². The third-order valence-corrected chi connectivity index (χ3v) is 5.09. The minimum atomic E-state index is 0.439. The molecule has 0 aliphatic rings. The molecule has 0 saturated carbocycles. The quantitative estimate of drug-likeness (QED) is 0.391. The summed E-state index contributed by atoms with van der Waals surface area (Å²) in [6, 6.07) is 21.6. The van der Waals surface area contributed by atoms with Gasteiger partial charge in [0.05, 0.1) is 23.6 Å². The topological polar surface area (TPSA) is 82.8 Å². The third-order valence-electron chi connectivity index (χ3n) is 5.09. The predicted molar refractivity (Wildman–Crippen MR) is 115 cm³/mol. The summed E-state index contributed by atoms with van der Waals surface area (Å²) in [4.78, 5) is 13.4. The van der Waals surface area contributed by atoms with Crippen molar-refractivity contribution >= 4 is 11.0 Å². The molecule has 0 saturated heterocycles. The lowest BCUT2D eigenvalue weighted by Gasteiger charge is -2.06. The predicted octanol–water partition coefficient (Wildman–Crippen LogP) is 5.40. The molecule has 31 heavy (non-hydrogen) atoms. The van der Waals surface area contributed by atoms with Crippen molar-refractivity contribution in [3.63, 3.8) is 0 Å². The first kappa shape index (κ1) is 17.3. The molecule has 0 bridgehead atoms. The van der Waals surface area contributed by atoms with E-state index in [0.717, 1.165) is 33.4 Å². The Balaban J connectivity index is 1.37. The molecule has 0 aliphatic carbocycles. The lowest BCUT2D eigenvalue weighted by atomic mass is 10.1. The van der Waals surface area contributed by atoms with Crippen LogP contribution in [0.25, 0.3) is 50.8 Å². The molecule has 7 heteroatoms. The van der Waals surface area contributed by atoms with Gasteiger partial charge in [-0.25, -0.2) is 4.98 Å². The van der Waals surface area contributed by atoms with E-state index >= 15 is 0 Å². The number of rotatable bonds is 4. The number of pyridine rings is 1. The second kappa shape index (κ2) is 7.07. The standard InChI is InChI=1S/C24H15N5O2/c1-2-10-25-20(6-1)23-27-24(31-28-23)17-4-3-5-19(12-17)29-15-26-21-13-16(7-8-22(21)29)18-9-11-30-14-18/h1-15H. The van der Waals surface area contributed by atoms with E-state index in [0.29, 0.717) is 17.4 Å². The van der Waals surface area contributed by atoms with Gasteiger partial charge in [-0.1, -0.05) is 23.4 Å². The Hall–Kier alpha value is -4.52. The Kier molecular flexibility index (Phi) is 3.96. The summed E-state index contributed by atoms with van der Waals surface area (Å²) in [7, 11) is 0. The van der Waals surface area contributed by atoms with E-state index in [2.05, 4.69) is 38.3 Å². The highest BCUT2D eigenvalue weighted by atomic mass is 16.5. The van der Waals surface area contributed by atoms with Gasteiger partial charge in [-0.3, -0.25) is 9.55 Å². The van der Waals surface area contributed by atoms with Crippen LogP contribution in [0.15, 0.2) is 101 Å². The maximum atomic E-state index is 5.49. The van der Waals surface area contributed by atoms with Crippen molar-refractivity contribution < 1.29 is 8.94 Å². The molecule has 4 heterocycles. The van der Waals surface area contributed by atoms with Crippen molar-refractivity contribution in [2.24, 2.45) is 0 Å². The normalized spacial score (nSPS) is 11.2. The zero-order valence-corrected chi connectivity index (χ0v) is 16.2. The van der Waals surface area contributed by atoms with Gasteiger partial charge in [0.2, 0.25) is 5.82 Å². The molecule has 6 rings (SSSR count). The Morgan fingerprint density at radius 2 is 1.81 bits per heavy atom. The van der Waals surface area contributed by atoms with E-state index in [4.69, 9.17) is 8.94 Å². The van der Waals surface area contributed by atoms with E-state index in [-0.39, 0.29) is 0 Å². The van der Waals surface area contributed by atoms with Gasteiger partial charge >= 0.3 is 0 Å². The van der Waals surface area contributed by atoms with E-state index in [1.54, 1.807) is 18.7 Å². The van der Waals surface area contributed by atoms with Gasteiger partial charge in [0, 0.05) is 23.0 Å². The van der Waals surface area contributed by atoms with Gasteiger partial charge in [0.25, 0.3) is 5.89 Å². The van der Waals surface area contributed by atoms with Gasteiger partial charge in [-0.2, -0.15) is 4.98 Å². The highest BCUT2D eigenvalue weighted by Gasteiger charge is 2.13. The molecule has 0 aliphatic heterocycles. The first-order valence-electron chi connectivity index (χ1n) is 9.71. The highest BCUT2D eigenvalue weighted by Crippen LogP contribution is 2.28. The summed E-state index contributed by atoms with van der Waals surface area (Å²) in [5, 5.41) is 4.06. The number of hydrogen-bond acceptors (Lipinski definition) is 6. The summed E-state index contributed by atoms with van der Waals surface area (Å²) in [5.41, 5.74) is 6.44. The third kappa shape index (κ3) is 3.08. The van der Waals surface area contributed by atoms with Crippen LogP contribution >= 0.6 is 0 Å². The lowest BCUT2D eigenvalue weighted by Crippen LogP contribution is -1.92. The molecular formula is C24H15N5O2. The SMILES string of the molecule is c1ccc(-c2noc(-c3cccc(-n4cnc5cc(-c6ccoc6)ccc54)c3)n2)nc1. The van der Waals surface area contributed by atoms with Crippen LogP contribution in [0.2, 0.25) is 0 Å². The van der Waals surface area contributed by atoms with Gasteiger partial charge in [-0.05, 0) is 54.1 Å². The van der Waals surface area contributed by atoms with Crippen molar-refractivity contribution in [1.29, 1.82) is 0 Å². The highest BCUT2D eigenvalue weighted by molar-refractivity contribution is 5.83. The lowest BCUT2D eigenvalue weighted by molar-refractivity contribution is 0.432. The molecule has 0 radical (unpaired) electrons. The van der Waals surface area contributed by atoms with Crippen molar-refractivity contribution in [1.82, 2.24) is 24.7 Å². The zero-order chi connectivity index (χ0) is 20.6. The van der Waals surface area contributed by atoms with Crippen LogP contribution in [0.5, 0.6) is 0 Å². The van der Waals surface area contributed by atoms with Gasteiger partial charge < -0.3 is 8.94 Å².